The van der Waals surface area contributed by atoms with Gasteiger partial charge in [-0.05, 0) is 38.1 Å². The summed E-state index contributed by atoms with van der Waals surface area (Å²) in [6.07, 6.45) is 3.07. The molecule has 0 atom stereocenters. The molecular formula is C20H23N5O2. The third kappa shape index (κ3) is 4.25. The molecule has 0 bridgehead atoms. The number of para-hydroxylation sites is 2. The quantitative estimate of drug-likeness (QED) is 0.498. The molecule has 0 radical (unpaired) electrons. The molecule has 140 valence electrons. The van der Waals surface area contributed by atoms with E-state index in [2.05, 4.69) is 34.3 Å². The Morgan fingerprint density at radius 2 is 2.04 bits per heavy atom. The topological polar surface area (TPSA) is 82.8 Å². The van der Waals surface area contributed by atoms with Crippen LogP contribution < -0.4 is 10.3 Å². The van der Waals surface area contributed by atoms with Crippen LogP contribution in [0.25, 0.3) is 11.0 Å². The van der Waals surface area contributed by atoms with Gasteiger partial charge in [-0.3, -0.25) is 4.79 Å². The molecule has 3 rings (SSSR count). The van der Waals surface area contributed by atoms with Crippen molar-refractivity contribution >= 4 is 28.8 Å². The molecule has 7 heteroatoms. The van der Waals surface area contributed by atoms with Gasteiger partial charge >= 0.3 is 0 Å². The van der Waals surface area contributed by atoms with Crippen molar-refractivity contribution in [3.8, 4) is 5.75 Å². The van der Waals surface area contributed by atoms with E-state index in [1.54, 1.807) is 23.0 Å². The van der Waals surface area contributed by atoms with Crippen LogP contribution in [0.15, 0.2) is 53.9 Å². The van der Waals surface area contributed by atoms with E-state index < -0.39 is 0 Å². The van der Waals surface area contributed by atoms with Crippen LogP contribution in [0.4, 0.5) is 5.69 Å². The summed E-state index contributed by atoms with van der Waals surface area (Å²) >= 11 is 0. The first-order valence-electron chi connectivity index (χ1n) is 8.92. The second-order valence-electron chi connectivity index (χ2n) is 6.07. The number of carbonyl (C=O) groups excluding carboxylic acids is 1. The van der Waals surface area contributed by atoms with Crippen molar-refractivity contribution in [1.29, 1.82) is 0 Å². The van der Waals surface area contributed by atoms with Gasteiger partial charge in [0.15, 0.2) is 0 Å². The maximum Gasteiger partial charge on any atom is 0.260 e. The number of carbonyl (C=O) groups is 1. The van der Waals surface area contributed by atoms with E-state index in [-0.39, 0.29) is 18.2 Å². The molecule has 0 aliphatic carbocycles. The molecule has 3 aromatic rings. The minimum atomic E-state index is -0.270. The average molecular weight is 365 g/mol. The molecule has 0 spiro atoms. The Kier molecular flexibility index (Phi) is 5.71. The van der Waals surface area contributed by atoms with Crippen LogP contribution in [0, 0.1) is 0 Å². The summed E-state index contributed by atoms with van der Waals surface area (Å²) < 4.78 is 1.76. The van der Waals surface area contributed by atoms with Crippen LogP contribution in [0.3, 0.4) is 0 Å². The number of phenols is 1. The summed E-state index contributed by atoms with van der Waals surface area (Å²) in [5, 5.41) is 14.1. The van der Waals surface area contributed by atoms with E-state index >= 15 is 0 Å². The highest BCUT2D eigenvalue weighted by Crippen LogP contribution is 2.23. The highest BCUT2D eigenvalue weighted by molar-refractivity contribution is 5.86. The van der Waals surface area contributed by atoms with Gasteiger partial charge in [-0.1, -0.05) is 12.1 Å². The van der Waals surface area contributed by atoms with Gasteiger partial charge in [0.25, 0.3) is 5.91 Å². The van der Waals surface area contributed by atoms with Crippen LogP contribution in [-0.2, 0) is 11.3 Å². The molecule has 0 saturated carbocycles. The maximum atomic E-state index is 12.1. The van der Waals surface area contributed by atoms with E-state index in [0.717, 1.165) is 29.8 Å². The van der Waals surface area contributed by atoms with Crippen molar-refractivity contribution in [2.45, 2.75) is 20.4 Å². The van der Waals surface area contributed by atoms with Crippen LogP contribution in [0.2, 0.25) is 0 Å². The second-order valence-corrected chi connectivity index (χ2v) is 6.07. The van der Waals surface area contributed by atoms with E-state index in [1.165, 1.54) is 6.21 Å². The highest BCUT2D eigenvalue weighted by Gasteiger charge is 2.07. The summed E-state index contributed by atoms with van der Waals surface area (Å²) in [7, 11) is 0. The first-order chi connectivity index (χ1) is 13.1. The standard InChI is InChI=1S/C20H23N5O2/c1-3-24(4-2)16-10-9-15(19(26)11-16)12-22-23-20(27)13-25-14-21-17-7-5-6-8-18(17)25/h5-12,14,26H,3-4,13H2,1-2H3,(H,23,27)/b22-12+. The van der Waals surface area contributed by atoms with Gasteiger partial charge in [-0.15, -0.1) is 0 Å². The van der Waals surface area contributed by atoms with E-state index in [1.807, 2.05) is 30.3 Å². The van der Waals surface area contributed by atoms with Gasteiger partial charge in [0.05, 0.1) is 23.6 Å². The normalized spacial score (nSPS) is 11.2. The first-order valence-corrected chi connectivity index (χ1v) is 8.92. The van der Waals surface area contributed by atoms with E-state index in [9.17, 15) is 9.90 Å². The summed E-state index contributed by atoms with van der Waals surface area (Å²) in [6.45, 7) is 5.97. The van der Waals surface area contributed by atoms with Crippen molar-refractivity contribution in [3.63, 3.8) is 0 Å². The summed E-state index contributed by atoms with van der Waals surface area (Å²) in [5.74, 6) is -0.147. The fraction of sp³-hybridized carbons (Fsp3) is 0.250. The summed E-state index contributed by atoms with van der Waals surface area (Å²) in [6, 6.07) is 13.0. The van der Waals surface area contributed by atoms with Crippen molar-refractivity contribution in [2.24, 2.45) is 5.10 Å². The van der Waals surface area contributed by atoms with Crippen molar-refractivity contribution in [1.82, 2.24) is 15.0 Å². The number of hydrazone groups is 1. The molecule has 0 aliphatic heterocycles. The Morgan fingerprint density at radius 3 is 2.78 bits per heavy atom. The molecule has 1 aromatic heterocycles. The number of imidazole rings is 1. The van der Waals surface area contributed by atoms with Gasteiger partial charge in [0.2, 0.25) is 0 Å². The SMILES string of the molecule is CCN(CC)c1ccc(/C=N/NC(=O)Cn2cnc3ccccc32)c(O)c1. The van der Waals surface area contributed by atoms with Crippen LogP contribution in [0.5, 0.6) is 5.75 Å². The van der Waals surface area contributed by atoms with Crippen molar-refractivity contribution in [2.75, 3.05) is 18.0 Å². The van der Waals surface area contributed by atoms with E-state index in [4.69, 9.17) is 0 Å². The molecular weight excluding hydrogens is 342 g/mol. The van der Waals surface area contributed by atoms with Crippen molar-refractivity contribution < 1.29 is 9.90 Å². The predicted molar refractivity (Wildman–Crippen MR) is 107 cm³/mol. The largest absolute Gasteiger partial charge is 0.507 e. The van der Waals surface area contributed by atoms with Crippen LogP contribution in [-0.4, -0.2) is 39.9 Å². The minimum absolute atomic E-state index is 0.116. The van der Waals surface area contributed by atoms with E-state index in [0.29, 0.717) is 5.56 Å². The minimum Gasteiger partial charge on any atom is -0.507 e. The van der Waals surface area contributed by atoms with Gasteiger partial charge in [-0.25, -0.2) is 10.4 Å². The lowest BCUT2D eigenvalue weighted by atomic mass is 10.2. The molecule has 0 aliphatic rings. The number of benzene rings is 2. The fourth-order valence-corrected chi connectivity index (χ4v) is 2.93. The number of aromatic nitrogens is 2. The number of hydrogen-bond donors (Lipinski definition) is 2. The number of amides is 1. The zero-order valence-corrected chi connectivity index (χ0v) is 15.5. The fourth-order valence-electron chi connectivity index (χ4n) is 2.93. The number of rotatable bonds is 7. The van der Waals surface area contributed by atoms with Crippen LogP contribution >= 0.6 is 0 Å². The van der Waals surface area contributed by atoms with Gasteiger partial charge < -0.3 is 14.6 Å². The van der Waals surface area contributed by atoms with Gasteiger partial charge in [0.1, 0.15) is 12.3 Å². The summed E-state index contributed by atoms with van der Waals surface area (Å²) in [5.41, 5.74) is 5.70. The molecule has 0 unspecified atom stereocenters. The molecule has 0 fully saturated rings. The lowest BCUT2D eigenvalue weighted by Crippen LogP contribution is -2.23. The smallest absolute Gasteiger partial charge is 0.260 e. The third-order valence-corrected chi connectivity index (χ3v) is 4.38. The summed E-state index contributed by atoms with van der Waals surface area (Å²) in [4.78, 5) is 18.5. The molecule has 2 N–H and O–H groups in total. The van der Waals surface area contributed by atoms with Crippen LogP contribution in [0.1, 0.15) is 19.4 Å². The zero-order valence-electron chi connectivity index (χ0n) is 15.5. The Bertz CT molecular complexity index is 960. The number of aromatic hydroxyl groups is 1. The molecule has 27 heavy (non-hydrogen) atoms. The number of phenolic OH excluding ortho intramolecular Hbond substituents is 1. The van der Waals surface area contributed by atoms with Crippen molar-refractivity contribution in [3.05, 3.63) is 54.4 Å². The highest BCUT2D eigenvalue weighted by atomic mass is 16.3. The monoisotopic (exact) mass is 365 g/mol. The number of fused-ring (bicyclic) bond motifs is 1. The van der Waals surface area contributed by atoms with Gasteiger partial charge in [0, 0.05) is 30.4 Å². The average Bonchev–Trinajstić information content (AvgIpc) is 3.07. The Labute approximate surface area is 157 Å². The number of anilines is 1. The Morgan fingerprint density at radius 1 is 1.26 bits per heavy atom. The molecule has 1 heterocycles. The Hall–Kier alpha value is -3.35. The maximum absolute atomic E-state index is 12.1. The first kappa shape index (κ1) is 18.4. The number of hydrogen-bond acceptors (Lipinski definition) is 5. The Balaban J connectivity index is 1.62. The van der Waals surface area contributed by atoms with Gasteiger partial charge in [-0.2, -0.15) is 5.10 Å². The molecule has 7 nitrogen and oxygen atoms in total. The third-order valence-electron chi connectivity index (χ3n) is 4.38. The lowest BCUT2D eigenvalue weighted by molar-refractivity contribution is -0.121. The molecule has 0 saturated heterocycles. The molecule has 1 amide bonds. The zero-order chi connectivity index (χ0) is 19.2. The lowest BCUT2D eigenvalue weighted by Gasteiger charge is -2.21. The number of nitrogens with zero attached hydrogens (tertiary/aromatic N) is 4. The number of nitrogens with one attached hydrogen (secondary N) is 1. The molecule has 2 aromatic carbocycles. The second kappa shape index (κ2) is 8.35. The predicted octanol–water partition coefficient (Wildman–Crippen LogP) is 2.74.